The summed E-state index contributed by atoms with van der Waals surface area (Å²) in [4.78, 5) is 33.8. The maximum atomic E-state index is 12.1. The molecule has 116 valence electrons. The van der Waals surface area contributed by atoms with E-state index in [1.54, 1.807) is 13.8 Å². The molecule has 0 saturated heterocycles. The maximum absolute atomic E-state index is 12.1. The third-order valence-corrected chi connectivity index (χ3v) is 3.07. The maximum Gasteiger partial charge on any atom is 0.347 e. The Balaban J connectivity index is 0.00000400. The van der Waals surface area contributed by atoms with Gasteiger partial charge >= 0.3 is 11.9 Å². The quantitative estimate of drug-likeness (QED) is 0.397. The van der Waals surface area contributed by atoms with Crippen LogP contribution in [0, 0.1) is 13.8 Å². The van der Waals surface area contributed by atoms with Crippen molar-refractivity contribution in [2.75, 3.05) is 0 Å². The molecule has 21 heavy (non-hydrogen) atoms. The molecule has 0 fully saturated rings. The van der Waals surface area contributed by atoms with Gasteiger partial charge in [0.2, 0.25) is 5.78 Å². The zero-order valence-electron chi connectivity index (χ0n) is 11.3. The number of ketones is 1. The number of carbonyl (C=O) groups excluding carboxylic acids is 1. The number of hydrogen-bond acceptors (Lipinski definition) is 5. The van der Waals surface area contributed by atoms with Crippen LogP contribution in [-0.2, 0) is 9.59 Å². The second-order valence-corrected chi connectivity index (χ2v) is 4.44. The van der Waals surface area contributed by atoms with Crippen molar-refractivity contribution >= 4 is 17.7 Å². The standard InChI is InChI=1S/C13H14O7.H2O/c1-6-3-4-8(5-7(6)2)9(14)13(20,12(18)19)10(15)11(16)17;/h3-5,10,15,20H,1-2H3,(H,16,17)(H,18,19);1H2. The van der Waals surface area contributed by atoms with Crippen molar-refractivity contribution in [3.8, 4) is 0 Å². The Kier molecular flexibility index (Phi) is 5.74. The monoisotopic (exact) mass is 300 g/mol. The fourth-order valence-electron chi connectivity index (χ4n) is 1.62. The highest BCUT2D eigenvalue weighted by Gasteiger charge is 2.54. The number of carboxylic acid groups (broad SMARTS) is 2. The van der Waals surface area contributed by atoms with Crippen LogP contribution in [0.2, 0.25) is 0 Å². The Hall–Kier alpha value is -2.29. The first kappa shape index (κ1) is 18.7. The van der Waals surface area contributed by atoms with E-state index in [4.69, 9.17) is 10.2 Å². The number of aliphatic hydroxyl groups excluding tert-OH is 1. The van der Waals surface area contributed by atoms with Crippen LogP contribution in [0.25, 0.3) is 0 Å². The van der Waals surface area contributed by atoms with Gasteiger partial charge in [-0.25, -0.2) is 9.59 Å². The molecule has 0 amide bonds. The number of rotatable bonds is 5. The summed E-state index contributed by atoms with van der Waals surface area (Å²) in [6, 6.07) is 4.10. The van der Waals surface area contributed by atoms with Crippen molar-refractivity contribution in [3.05, 3.63) is 34.9 Å². The van der Waals surface area contributed by atoms with Crippen LogP contribution in [0.1, 0.15) is 21.5 Å². The van der Waals surface area contributed by atoms with Gasteiger partial charge in [-0.15, -0.1) is 0 Å². The summed E-state index contributed by atoms with van der Waals surface area (Å²) in [5.41, 5.74) is -2.14. The molecule has 2 unspecified atom stereocenters. The van der Waals surface area contributed by atoms with Crippen LogP contribution >= 0.6 is 0 Å². The second-order valence-electron chi connectivity index (χ2n) is 4.44. The number of aliphatic hydroxyl groups is 2. The van der Waals surface area contributed by atoms with Crippen LogP contribution < -0.4 is 0 Å². The molecule has 0 aliphatic heterocycles. The Morgan fingerprint density at radius 2 is 1.62 bits per heavy atom. The molecule has 0 bridgehead atoms. The third-order valence-electron chi connectivity index (χ3n) is 3.07. The lowest BCUT2D eigenvalue weighted by Gasteiger charge is -2.24. The first-order chi connectivity index (χ1) is 9.12. The Labute approximate surface area is 119 Å². The van der Waals surface area contributed by atoms with E-state index in [0.717, 1.165) is 5.56 Å². The molecular weight excluding hydrogens is 284 g/mol. The van der Waals surface area contributed by atoms with E-state index < -0.39 is 29.4 Å². The van der Waals surface area contributed by atoms with E-state index in [-0.39, 0.29) is 11.0 Å². The number of carbonyl (C=O) groups is 3. The predicted octanol–water partition coefficient (Wildman–Crippen LogP) is -1.08. The van der Waals surface area contributed by atoms with Gasteiger partial charge < -0.3 is 25.9 Å². The molecule has 6 N–H and O–H groups in total. The minimum atomic E-state index is -3.44. The van der Waals surface area contributed by atoms with Gasteiger partial charge in [-0.3, -0.25) is 4.79 Å². The van der Waals surface area contributed by atoms with E-state index in [1.165, 1.54) is 18.2 Å². The number of hydrogen-bond donors (Lipinski definition) is 4. The molecule has 0 spiro atoms. The second kappa shape index (κ2) is 6.44. The van der Waals surface area contributed by atoms with Gasteiger partial charge in [0.05, 0.1) is 0 Å². The molecule has 0 aromatic heterocycles. The summed E-state index contributed by atoms with van der Waals surface area (Å²) in [6.07, 6.45) is -2.77. The lowest BCUT2D eigenvalue weighted by molar-refractivity contribution is -0.175. The number of aliphatic carboxylic acids is 2. The van der Waals surface area contributed by atoms with Crippen molar-refractivity contribution < 1.29 is 40.3 Å². The largest absolute Gasteiger partial charge is 0.479 e. The molecule has 1 aromatic rings. The number of benzene rings is 1. The lowest BCUT2D eigenvalue weighted by atomic mass is 9.86. The number of aryl methyl sites for hydroxylation is 2. The van der Waals surface area contributed by atoms with Gasteiger partial charge in [-0.05, 0) is 31.0 Å². The van der Waals surface area contributed by atoms with Crippen molar-refractivity contribution in [1.29, 1.82) is 0 Å². The van der Waals surface area contributed by atoms with E-state index >= 15 is 0 Å². The van der Waals surface area contributed by atoms with Gasteiger partial charge in [-0.1, -0.05) is 12.1 Å². The van der Waals surface area contributed by atoms with Gasteiger partial charge in [-0.2, -0.15) is 0 Å². The van der Waals surface area contributed by atoms with Crippen LogP contribution in [0.5, 0.6) is 0 Å². The van der Waals surface area contributed by atoms with Crippen molar-refractivity contribution in [3.63, 3.8) is 0 Å². The summed E-state index contributed by atoms with van der Waals surface area (Å²) >= 11 is 0. The molecule has 8 heteroatoms. The molecule has 2 atom stereocenters. The van der Waals surface area contributed by atoms with Crippen molar-refractivity contribution in [1.82, 2.24) is 0 Å². The third kappa shape index (κ3) is 3.24. The van der Waals surface area contributed by atoms with Crippen LogP contribution in [0.4, 0.5) is 0 Å². The molecule has 0 saturated carbocycles. The molecule has 0 radical (unpaired) electrons. The van der Waals surface area contributed by atoms with E-state index in [0.29, 0.717) is 5.56 Å². The molecule has 0 heterocycles. The van der Waals surface area contributed by atoms with Crippen LogP contribution in [-0.4, -0.2) is 55.3 Å². The zero-order valence-corrected chi connectivity index (χ0v) is 11.3. The van der Waals surface area contributed by atoms with Crippen LogP contribution in [0.15, 0.2) is 18.2 Å². The van der Waals surface area contributed by atoms with Gasteiger partial charge in [0, 0.05) is 5.56 Å². The minimum Gasteiger partial charge on any atom is -0.479 e. The summed E-state index contributed by atoms with van der Waals surface area (Å²) in [5, 5.41) is 36.7. The molecule has 0 aliphatic carbocycles. The summed E-state index contributed by atoms with van der Waals surface area (Å²) < 4.78 is 0. The van der Waals surface area contributed by atoms with E-state index in [1.807, 2.05) is 0 Å². The summed E-state index contributed by atoms with van der Waals surface area (Å²) in [6.45, 7) is 3.43. The fraction of sp³-hybridized carbons (Fsp3) is 0.308. The zero-order chi connectivity index (χ0) is 15.7. The highest BCUT2D eigenvalue weighted by molar-refractivity contribution is 6.17. The SMILES string of the molecule is Cc1ccc(C(=O)C(O)(C(=O)O)C(O)C(=O)O)cc1C.O. The minimum absolute atomic E-state index is 0. The smallest absolute Gasteiger partial charge is 0.347 e. The van der Waals surface area contributed by atoms with E-state index in [2.05, 4.69) is 0 Å². The lowest BCUT2D eigenvalue weighted by Crippen LogP contribution is -2.58. The Morgan fingerprint density at radius 1 is 1.10 bits per heavy atom. The van der Waals surface area contributed by atoms with Crippen LogP contribution in [0.3, 0.4) is 0 Å². The van der Waals surface area contributed by atoms with Crippen molar-refractivity contribution in [2.24, 2.45) is 0 Å². The Morgan fingerprint density at radius 3 is 2.00 bits per heavy atom. The molecule has 1 aromatic carbocycles. The molecule has 0 aliphatic rings. The first-order valence-electron chi connectivity index (χ1n) is 5.61. The molecular formula is C13H16O8. The Bertz CT molecular complexity index is 580. The van der Waals surface area contributed by atoms with Crippen molar-refractivity contribution in [2.45, 2.75) is 25.6 Å². The first-order valence-corrected chi connectivity index (χ1v) is 5.61. The number of carboxylic acids is 2. The highest BCUT2D eigenvalue weighted by atomic mass is 16.4. The van der Waals surface area contributed by atoms with Gasteiger partial charge in [0.25, 0.3) is 5.60 Å². The summed E-state index contributed by atoms with van der Waals surface area (Å²) in [5.74, 6) is -5.52. The normalized spacial score (nSPS) is 14.5. The predicted molar refractivity (Wildman–Crippen MR) is 70.1 cm³/mol. The fourth-order valence-corrected chi connectivity index (χ4v) is 1.62. The average Bonchev–Trinajstić information content (AvgIpc) is 2.38. The topological polar surface area (TPSA) is 164 Å². The van der Waals surface area contributed by atoms with E-state index in [9.17, 15) is 24.6 Å². The molecule has 1 rings (SSSR count). The highest BCUT2D eigenvalue weighted by Crippen LogP contribution is 2.21. The number of Topliss-reactive ketones (excluding diaryl/α,β-unsaturated/α-hetero) is 1. The van der Waals surface area contributed by atoms with Gasteiger partial charge in [0.1, 0.15) is 0 Å². The van der Waals surface area contributed by atoms with Gasteiger partial charge in [0.15, 0.2) is 6.10 Å². The summed E-state index contributed by atoms with van der Waals surface area (Å²) in [7, 11) is 0. The molecule has 8 nitrogen and oxygen atoms in total. The average molecular weight is 300 g/mol.